The van der Waals surface area contributed by atoms with Gasteiger partial charge in [-0.1, -0.05) is 12.1 Å². The number of aliphatic carboxylic acids is 1. The molecule has 0 heterocycles. The summed E-state index contributed by atoms with van der Waals surface area (Å²) in [7, 11) is 0. The zero-order chi connectivity index (χ0) is 9.84. The molecule has 3 nitrogen and oxygen atoms in total. The summed E-state index contributed by atoms with van der Waals surface area (Å²) in [6.07, 6.45) is 0.00650. The third-order valence-electron chi connectivity index (χ3n) is 1.77. The summed E-state index contributed by atoms with van der Waals surface area (Å²) in [4.78, 5) is 10.4. The Kier molecular flexibility index (Phi) is 2.65. The number of carboxylic acids is 1. The number of hydrogen-bond acceptors (Lipinski definition) is 2. The topological polar surface area (TPSA) is 61.1 Å². The summed E-state index contributed by atoms with van der Waals surface area (Å²) < 4.78 is 0. The number of nitriles is 1. The molecule has 0 atom stereocenters. The highest BCUT2D eigenvalue weighted by Crippen LogP contribution is 2.10. The first kappa shape index (κ1) is 9.27. The summed E-state index contributed by atoms with van der Waals surface area (Å²) in [6, 6.07) is 7.07. The highest BCUT2D eigenvalue weighted by atomic mass is 16.4. The van der Waals surface area contributed by atoms with E-state index in [1.54, 1.807) is 25.1 Å². The molecule has 0 saturated carbocycles. The standard InChI is InChI=1S/C10H9NO2/c1-7-4-8(5-10(12)13)2-3-9(7)6-11/h2-4H,5H2,1H3,(H,12,13). The average Bonchev–Trinajstić information content (AvgIpc) is 2.03. The minimum absolute atomic E-state index is 0.00650. The Balaban J connectivity index is 2.97. The molecule has 0 unspecified atom stereocenters. The van der Waals surface area contributed by atoms with Crippen molar-refractivity contribution in [1.29, 1.82) is 5.26 Å². The SMILES string of the molecule is Cc1cc(CC(=O)O)ccc1C#N. The van der Waals surface area contributed by atoms with E-state index in [0.717, 1.165) is 11.1 Å². The highest BCUT2D eigenvalue weighted by Gasteiger charge is 2.02. The molecule has 0 spiro atoms. The maximum atomic E-state index is 10.4. The Labute approximate surface area is 76.2 Å². The third kappa shape index (κ3) is 2.31. The Bertz CT molecular complexity index is 377. The molecule has 0 amide bonds. The minimum atomic E-state index is -0.857. The number of aryl methyl sites for hydroxylation is 1. The van der Waals surface area contributed by atoms with Crippen LogP contribution in [0.4, 0.5) is 0 Å². The molecule has 0 saturated heterocycles. The van der Waals surface area contributed by atoms with Gasteiger partial charge in [0.25, 0.3) is 0 Å². The normalized spacial score (nSPS) is 9.23. The van der Waals surface area contributed by atoms with E-state index in [1.807, 2.05) is 6.07 Å². The van der Waals surface area contributed by atoms with Gasteiger partial charge >= 0.3 is 5.97 Å². The van der Waals surface area contributed by atoms with Crippen LogP contribution in [0.15, 0.2) is 18.2 Å². The van der Waals surface area contributed by atoms with Crippen molar-refractivity contribution in [3.63, 3.8) is 0 Å². The quantitative estimate of drug-likeness (QED) is 0.740. The Morgan fingerprint density at radius 3 is 2.77 bits per heavy atom. The van der Waals surface area contributed by atoms with Gasteiger partial charge in [-0.05, 0) is 24.1 Å². The van der Waals surface area contributed by atoms with E-state index in [-0.39, 0.29) is 6.42 Å². The molecular weight excluding hydrogens is 166 g/mol. The molecule has 0 bridgehead atoms. The van der Waals surface area contributed by atoms with Crippen LogP contribution in [0.25, 0.3) is 0 Å². The zero-order valence-corrected chi connectivity index (χ0v) is 7.24. The van der Waals surface area contributed by atoms with Crippen molar-refractivity contribution < 1.29 is 9.90 Å². The maximum Gasteiger partial charge on any atom is 0.307 e. The fraction of sp³-hybridized carbons (Fsp3) is 0.200. The van der Waals surface area contributed by atoms with Gasteiger partial charge in [0.2, 0.25) is 0 Å². The smallest absolute Gasteiger partial charge is 0.307 e. The second-order valence-electron chi connectivity index (χ2n) is 2.83. The monoisotopic (exact) mass is 175 g/mol. The molecule has 0 aliphatic heterocycles. The molecule has 13 heavy (non-hydrogen) atoms. The lowest BCUT2D eigenvalue weighted by atomic mass is 10.0. The van der Waals surface area contributed by atoms with Crippen LogP contribution in [-0.4, -0.2) is 11.1 Å². The summed E-state index contributed by atoms with van der Waals surface area (Å²) in [5, 5.41) is 17.1. The molecule has 66 valence electrons. The lowest BCUT2D eigenvalue weighted by Crippen LogP contribution is -2.00. The number of benzene rings is 1. The van der Waals surface area contributed by atoms with E-state index in [9.17, 15) is 4.79 Å². The van der Waals surface area contributed by atoms with E-state index in [1.165, 1.54) is 0 Å². The van der Waals surface area contributed by atoms with Gasteiger partial charge in [0.1, 0.15) is 0 Å². The molecule has 0 aliphatic rings. The van der Waals surface area contributed by atoms with Gasteiger partial charge in [0.05, 0.1) is 18.1 Å². The molecule has 0 fully saturated rings. The molecular formula is C10H9NO2. The van der Waals surface area contributed by atoms with E-state index >= 15 is 0 Å². The lowest BCUT2D eigenvalue weighted by Gasteiger charge is -2.00. The fourth-order valence-corrected chi connectivity index (χ4v) is 1.14. The van der Waals surface area contributed by atoms with Gasteiger partial charge in [0, 0.05) is 0 Å². The predicted molar refractivity (Wildman–Crippen MR) is 47.2 cm³/mol. The molecule has 1 rings (SSSR count). The first-order chi connectivity index (χ1) is 6.13. The molecule has 1 aromatic carbocycles. The van der Waals surface area contributed by atoms with E-state index in [0.29, 0.717) is 5.56 Å². The lowest BCUT2D eigenvalue weighted by molar-refractivity contribution is -0.136. The Morgan fingerprint density at radius 1 is 1.62 bits per heavy atom. The van der Waals surface area contributed by atoms with Crippen LogP contribution >= 0.6 is 0 Å². The largest absolute Gasteiger partial charge is 0.481 e. The molecule has 3 heteroatoms. The van der Waals surface area contributed by atoms with Gasteiger partial charge in [-0.2, -0.15) is 5.26 Å². The first-order valence-electron chi connectivity index (χ1n) is 3.85. The van der Waals surface area contributed by atoms with Gasteiger partial charge in [0.15, 0.2) is 0 Å². The Morgan fingerprint density at radius 2 is 2.31 bits per heavy atom. The van der Waals surface area contributed by atoms with Crippen molar-refractivity contribution >= 4 is 5.97 Å². The van der Waals surface area contributed by atoms with Crippen LogP contribution in [0.5, 0.6) is 0 Å². The molecule has 0 aliphatic carbocycles. The summed E-state index contributed by atoms with van der Waals surface area (Å²) >= 11 is 0. The summed E-state index contributed by atoms with van der Waals surface area (Å²) in [6.45, 7) is 1.80. The van der Waals surface area contributed by atoms with Crippen LogP contribution in [0.2, 0.25) is 0 Å². The van der Waals surface area contributed by atoms with Gasteiger partial charge in [-0.25, -0.2) is 0 Å². The fourth-order valence-electron chi connectivity index (χ4n) is 1.14. The van der Waals surface area contributed by atoms with E-state index in [4.69, 9.17) is 10.4 Å². The van der Waals surface area contributed by atoms with E-state index in [2.05, 4.69) is 0 Å². The number of rotatable bonds is 2. The maximum absolute atomic E-state index is 10.4. The van der Waals surface area contributed by atoms with Crippen LogP contribution in [0, 0.1) is 18.3 Å². The van der Waals surface area contributed by atoms with Crippen molar-refractivity contribution in [3.05, 3.63) is 34.9 Å². The molecule has 0 radical (unpaired) electrons. The molecule has 1 N–H and O–H groups in total. The average molecular weight is 175 g/mol. The van der Waals surface area contributed by atoms with Crippen LogP contribution in [0.1, 0.15) is 16.7 Å². The highest BCUT2D eigenvalue weighted by molar-refractivity contribution is 5.70. The number of carboxylic acid groups (broad SMARTS) is 1. The third-order valence-corrected chi connectivity index (χ3v) is 1.77. The van der Waals surface area contributed by atoms with E-state index < -0.39 is 5.97 Å². The summed E-state index contributed by atoms with van der Waals surface area (Å²) in [5.74, 6) is -0.857. The van der Waals surface area contributed by atoms with Crippen LogP contribution in [-0.2, 0) is 11.2 Å². The van der Waals surface area contributed by atoms with Crippen molar-refractivity contribution in [1.82, 2.24) is 0 Å². The summed E-state index contributed by atoms with van der Waals surface area (Å²) in [5.41, 5.74) is 2.14. The number of carbonyl (C=O) groups is 1. The van der Waals surface area contributed by atoms with Crippen molar-refractivity contribution in [2.45, 2.75) is 13.3 Å². The number of hydrogen-bond donors (Lipinski definition) is 1. The van der Waals surface area contributed by atoms with Crippen molar-refractivity contribution in [2.75, 3.05) is 0 Å². The minimum Gasteiger partial charge on any atom is -0.481 e. The van der Waals surface area contributed by atoms with Gasteiger partial charge in [-0.15, -0.1) is 0 Å². The second kappa shape index (κ2) is 3.72. The van der Waals surface area contributed by atoms with Gasteiger partial charge in [-0.3, -0.25) is 4.79 Å². The van der Waals surface area contributed by atoms with Crippen LogP contribution in [0.3, 0.4) is 0 Å². The zero-order valence-electron chi connectivity index (χ0n) is 7.24. The second-order valence-corrected chi connectivity index (χ2v) is 2.83. The Hall–Kier alpha value is -1.82. The molecule has 1 aromatic rings. The van der Waals surface area contributed by atoms with Crippen molar-refractivity contribution in [2.24, 2.45) is 0 Å². The first-order valence-corrected chi connectivity index (χ1v) is 3.85. The van der Waals surface area contributed by atoms with Crippen LogP contribution < -0.4 is 0 Å². The van der Waals surface area contributed by atoms with Gasteiger partial charge < -0.3 is 5.11 Å². The van der Waals surface area contributed by atoms with Crippen molar-refractivity contribution in [3.8, 4) is 6.07 Å². The number of nitrogens with zero attached hydrogens (tertiary/aromatic N) is 1. The molecule has 0 aromatic heterocycles. The predicted octanol–water partition coefficient (Wildman–Crippen LogP) is 1.49.